The molecule has 4 heteroatoms. The summed E-state index contributed by atoms with van der Waals surface area (Å²) in [7, 11) is 0. The van der Waals surface area contributed by atoms with Crippen molar-refractivity contribution in [3.05, 3.63) is 29.8 Å². The molecule has 0 spiro atoms. The molecule has 18 heavy (non-hydrogen) atoms. The molecular weight excluding hydrogens is 228 g/mol. The third-order valence-corrected chi connectivity index (χ3v) is 2.76. The number of nitrogens with zero attached hydrogens (tertiary/aromatic N) is 2. The highest BCUT2D eigenvalue weighted by molar-refractivity contribution is 5.42. The Morgan fingerprint density at radius 1 is 1.33 bits per heavy atom. The van der Waals surface area contributed by atoms with Crippen LogP contribution < -0.4 is 4.74 Å². The summed E-state index contributed by atoms with van der Waals surface area (Å²) in [6, 6.07) is 9.67. The van der Waals surface area contributed by atoms with E-state index in [9.17, 15) is 0 Å². The lowest BCUT2D eigenvalue weighted by atomic mass is 10.2. The van der Waals surface area contributed by atoms with E-state index >= 15 is 0 Å². The molecule has 1 N–H and O–H groups in total. The molecule has 0 heterocycles. The van der Waals surface area contributed by atoms with E-state index in [2.05, 4.69) is 24.8 Å². The Balaban J connectivity index is 2.48. The van der Waals surface area contributed by atoms with Crippen LogP contribution in [-0.4, -0.2) is 42.4 Å². The molecule has 0 unspecified atom stereocenters. The smallest absolute Gasteiger partial charge is 0.137 e. The number of ether oxygens (including phenoxy) is 1. The van der Waals surface area contributed by atoms with Crippen LogP contribution in [0, 0.1) is 11.3 Å². The van der Waals surface area contributed by atoms with Crippen molar-refractivity contribution in [2.45, 2.75) is 19.9 Å². The van der Waals surface area contributed by atoms with Crippen molar-refractivity contribution in [2.75, 3.05) is 26.3 Å². The van der Waals surface area contributed by atoms with Crippen molar-refractivity contribution in [1.82, 2.24) is 4.90 Å². The second-order valence-electron chi connectivity index (χ2n) is 4.31. The Hall–Kier alpha value is -1.57. The van der Waals surface area contributed by atoms with Crippen LogP contribution >= 0.6 is 0 Å². The summed E-state index contributed by atoms with van der Waals surface area (Å²) in [4.78, 5) is 2.13. The number of benzene rings is 1. The molecule has 0 aromatic heterocycles. The zero-order chi connectivity index (χ0) is 13.4. The van der Waals surface area contributed by atoms with Gasteiger partial charge < -0.3 is 9.84 Å². The van der Waals surface area contributed by atoms with E-state index in [1.165, 1.54) is 0 Å². The molecule has 0 saturated heterocycles. The van der Waals surface area contributed by atoms with Gasteiger partial charge in [-0.05, 0) is 26.0 Å². The van der Waals surface area contributed by atoms with Gasteiger partial charge in [-0.3, -0.25) is 4.90 Å². The Kier molecular flexibility index (Phi) is 6.20. The monoisotopic (exact) mass is 248 g/mol. The summed E-state index contributed by atoms with van der Waals surface area (Å²) in [6.07, 6.45) is 0. The number of para-hydroxylation sites is 1. The SMILES string of the molecule is CC(C)N(CCO)CCOc1ccccc1C#N. The lowest BCUT2D eigenvalue weighted by molar-refractivity contribution is 0.141. The first kappa shape index (κ1) is 14.5. The van der Waals surface area contributed by atoms with Crippen LogP contribution in [0.1, 0.15) is 19.4 Å². The normalized spacial score (nSPS) is 10.7. The topological polar surface area (TPSA) is 56.5 Å². The van der Waals surface area contributed by atoms with Crippen LogP contribution in [-0.2, 0) is 0 Å². The van der Waals surface area contributed by atoms with Crippen LogP contribution in [0.25, 0.3) is 0 Å². The van der Waals surface area contributed by atoms with E-state index in [-0.39, 0.29) is 6.61 Å². The Bertz CT molecular complexity index is 399. The molecule has 0 saturated carbocycles. The van der Waals surface area contributed by atoms with Gasteiger partial charge in [0.1, 0.15) is 18.4 Å². The molecule has 0 aliphatic carbocycles. The summed E-state index contributed by atoms with van der Waals surface area (Å²) < 4.78 is 5.61. The highest BCUT2D eigenvalue weighted by atomic mass is 16.5. The third kappa shape index (κ3) is 4.36. The van der Waals surface area contributed by atoms with Crippen LogP contribution in [0.3, 0.4) is 0 Å². The third-order valence-electron chi connectivity index (χ3n) is 2.76. The highest BCUT2D eigenvalue weighted by Crippen LogP contribution is 2.16. The lowest BCUT2D eigenvalue weighted by Gasteiger charge is -2.25. The molecule has 0 aliphatic rings. The van der Waals surface area contributed by atoms with Crippen LogP contribution in [0.15, 0.2) is 24.3 Å². The predicted molar refractivity (Wildman–Crippen MR) is 70.4 cm³/mol. The maximum absolute atomic E-state index is 8.96. The van der Waals surface area contributed by atoms with Crippen LogP contribution in [0.4, 0.5) is 0 Å². The number of aliphatic hydroxyl groups excluding tert-OH is 1. The van der Waals surface area contributed by atoms with Gasteiger partial charge >= 0.3 is 0 Å². The molecule has 0 fully saturated rings. The summed E-state index contributed by atoms with van der Waals surface area (Å²) in [5, 5.41) is 17.9. The van der Waals surface area contributed by atoms with E-state index < -0.39 is 0 Å². The highest BCUT2D eigenvalue weighted by Gasteiger charge is 2.09. The zero-order valence-corrected chi connectivity index (χ0v) is 11.0. The van der Waals surface area contributed by atoms with Gasteiger partial charge in [-0.15, -0.1) is 0 Å². The van der Waals surface area contributed by atoms with E-state index in [1.807, 2.05) is 12.1 Å². The van der Waals surface area contributed by atoms with E-state index in [0.29, 0.717) is 30.5 Å². The number of nitriles is 1. The van der Waals surface area contributed by atoms with Crippen molar-refractivity contribution in [2.24, 2.45) is 0 Å². The molecule has 4 nitrogen and oxygen atoms in total. The quantitative estimate of drug-likeness (QED) is 0.797. The minimum Gasteiger partial charge on any atom is -0.491 e. The Morgan fingerprint density at radius 2 is 2.06 bits per heavy atom. The fourth-order valence-electron chi connectivity index (χ4n) is 1.71. The molecule has 1 aromatic carbocycles. The van der Waals surface area contributed by atoms with Crippen molar-refractivity contribution in [1.29, 1.82) is 5.26 Å². The van der Waals surface area contributed by atoms with E-state index in [0.717, 1.165) is 6.54 Å². The van der Waals surface area contributed by atoms with Gasteiger partial charge in [0, 0.05) is 19.1 Å². The molecule has 0 aliphatic heterocycles. The molecule has 98 valence electrons. The van der Waals surface area contributed by atoms with Gasteiger partial charge in [-0.25, -0.2) is 0 Å². The van der Waals surface area contributed by atoms with Crippen LogP contribution in [0.5, 0.6) is 5.75 Å². The standard InChI is InChI=1S/C14H20N2O2/c1-12(2)16(7-9-17)8-10-18-14-6-4-3-5-13(14)11-15/h3-6,12,17H,7-10H2,1-2H3. The minimum atomic E-state index is 0.146. The van der Waals surface area contributed by atoms with Crippen molar-refractivity contribution in [3.8, 4) is 11.8 Å². The lowest BCUT2D eigenvalue weighted by Crippen LogP contribution is -2.36. The van der Waals surface area contributed by atoms with Gasteiger partial charge in [0.15, 0.2) is 0 Å². The Morgan fingerprint density at radius 3 is 2.67 bits per heavy atom. The number of rotatable bonds is 7. The maximum Gasteiger partial charge on any atom is 0.137 e. The maximum atomic E-state index is 8.96. The second-order valence-corrected chi connectivity index (χ2v) is 4.31. The summed E-state index contributed by atoms with van der Waals surface area (Å²) in [5.74, 6) is 0.618. The van der Waals surface area contributed by atoms with E-state index in [1.54, 1.807) is 12.1 Å². The Labute approximate surface area is 108 Å². The fourth-order valence-corrected chi connectivity index (χ4v) is 1.71. The second kappa shape index (κ2) is 7.70. The molecule has 0 radical (unpaired) electrons. The summed E-state index contributed by atoms with van der Waals surface area (Å²) in [6.45, 7) is 6.19. The van der Waals surface area contributed by atoms with E-state index in [4.69, 9.17) is 15.1 Å². The largest absolute Gasteiger partial charge is 0.491 e. The van der Waals surface area contributed by atoms with Crippen LogP contribution in [0.2, 0.25) is 0 Å². The van der Waals surface area contributed by atoms with Gasteiger partial charge in [0.2, 0.25) is 0 Å². The van der Waals surface area contributed by atoms with Gasteiger partial charge in [-0.2, -0.15) is 5.26 Å². The first-order valence-corrected chi connectivity index (χ1v) is 6.16. The van der Waals surface area contributed by atoms with Crippen molar-refractivity contribution >= 4 is 0 Å². The van der Waals surface area contributed by atoms with Gasteiger partial charge in [0.05, 0.1) is 12.2 Å². The number of hydrogen-bond donors (Lipinski definition) is 1. The molecule has 0 amide bonds. The van der Waals surface area contributed by atoms with Gasteiger partial charge in [0.25, 0.3) is 0 Å². The average Bonchev–Trinajstić information content (AvgIpc) is 2.38. The molecular formula is C14H20N2O2. The minimum absolute atomic E-state index is 0.146. The first-order valence-electron chi connectivity index (χ1n) is 6.16. The van der Waals surface area contributed by atoms with Gasteiger partial charge in [-0.1, -0.05) is 12.1 Å². The molecule has 0 bridgehead atoms. The number of aliphatic hydroxyl groups is 1. The predicted octanol–water partition coefficient (Wildman–Crippen LogP) is 1.64. The average molecular weight is 248 g/mol. The zero-order valence-electron chi connectivity index (χ0n) is 11.0. The van der Waals surface area contributed by atoms with Crippen molar-refractivity contribution in [3.63, 3.8) is 0 Å². The summed E-state index contributed by atoms with van der Waals surface area (Å²) in [5.41, 5.74) is 0.552. The number of hydrogen-bond acceptors (Lipinski definition) is 4. The molecule has 1 rings (SSSR count). The molecule has 1 aromatic rings. The first-order chi connectivity index (χ1) is 8.69. The van der Waals surface area contributed by atoms with Crippen molar-refractivity contribution < 1.29 is 9.84 Å². The summed E-state index contributed by atoms with van der Waals surface area (Å²) >= 11 is 0. The fraction of sp³-hybridized carbons (Fsp3) is 0.500. The molecule has 0 atom stereocenters.